The molecule has 0 saturated carbocycles. The number of hydrogen-bond donors (Lipinski definition) is 1. The molecule has 2 rings (SSSR count). The summed E-state index contributed by atoms with van der Waals surface area (Å²) in [6.45, 7) is 1.28. The van der Waals surface area contributed by atoms with Gasteiger partial charge in [0.1, 0.15) is 6.10 Å². The summed E-state index contributed by atoms with van der Waals surface area (Å²) < 4.78 is 10.6. The molecule has 0 bridgehead atoms. The topological polar surface area (TPSA) is 60.5 Å². The van der Waals surface area contributed by atoms with Crippen LogP contribution in [0.4, 0.5) is 0 Å². The van der Waals surface area contributed by atoms with Crippen LogP contribution >= 0.6 is 0 Å². The molecule has 0 aromatic carbocycles. The van der Waals surface area contributed by atoms with E-state index in [2.05, 4.69) is 10.3 Å². The van der Waals surface area contributed by atoms with Crippen LogP contribution in [0.25, 0.3) is 0 Å². The van der Waals surface area contributed by atoms with E-state index in [1.54, 1.807) is 19.5 Å². The van der Waals surface area contributed by atoms with Crippen molar-refractivity contribution < 1.29 is 14.3 Å². The van der Waals surface area contributed by atoms with E-state index in [1.165, 1.54) is 0 Å². The zero-order valence-electron chi connectivity index (χ0n) is 11.2. The summed E-state index contributed by atoms with van der Waals surface area (Å²) in [5, 5.41) is 3.04. The van der Waals surface area contributed by atoms with Gasteiger partial charge in [0, 0.05) is 44.7 Å². The van der Waals surface area contributed by atoms with Crippen LogP contribution in [0.2, 0.25) is 0 Å². The van der Waals surface area contributed by atoms with Gasteiger partial charge in [0.2, 0.25) is 5.91 Å². The van der Waals surface area contributed by atoms with Gasteiger partial charge in [0.25, 0.3) is 0 Å². The van der Waals surface area contributed by atoms with Crippen LogP contribution in [0.15, 0.2) is 24.5 Å². The average molecular weight is 264 g/mol. The molecule has 1 aliphatic rings. The molecule has 1 saturated heterocycles. The van der Waals surface area contributed by atoms with Crippen molar-refractivity contribution in [2.75, 3.05) is 20.3 Å². The molecule has 2 heterocycles. The quantitative estimate of drug-likeness (QED) is 0.790. The van der Waals surface area contributed by atoms with Crippen LogP contribution in [0.1, 0.15) is 30.9 Å². The van der Waals surface area contributed by atoms with E-state index in [1.807, 2.05) is 12.1 Å². The Kier molecular flexibility index (Phi) is 5.30. The minimum Gasteiger partial charge on any atom is -0.385 e. The number of nitrogens with one attached hydrogen (secondary N) is 1. The van der Waals surface area contributed by atoms with Crippen molar-refractivity contribution in [2.24, 2.45) is 0 Å². The Morgan fingerprint density at radius 3 is 3.26 bits per heavy atom. The van der Waals surface area contributed by atoms with Gasteiger partial charge in [-0.1, -0.05) is 6.07 Å². The van der Waals surface area contributed by atoms with Crippen LogP contribution in [0, 0.1) is 0 Å². The van der Waals surface area contributed by atoms with Crippen LogP contribution < -0.4 is 5.32 Å². The molecule has 5 heteroatoms. The van der Waals surface area contributed by atoms with Crippen molar-refractivity contribution in [1.29, 1.82) is 0 Å². The number of carbonyl (C=O) groups is 1. The first-order chi connectivity index (χ1) is 9.31. The zero-order valence-corrected chi connectivity index (χ0v) is 11.2. The maximum Gasteiger partial charge on any atom is 0.220 e. The Labute approximate surface area is 113 Å². The lowest BCUT2D eigenvalue weighted by atomic mass is 10.0. The number of rotatable bonds is 6. The second-order valence-electron chi connectivity index (χ2n) is 4.64. The largest absolute Gasteiger partial charge is 0.385 e. The Balaban J connectivity index is 1.87. The van der Waals surface area contributed by atoms with Gasteiger partial charge in [0.15, 0.2) is 0 Å². The summed E-state index contributed by atoms with van der Waals surface area (Å²) in [5.74, 6) is 0.0569. The third kappa shape index (κ3) is 4.01. The van der Waals surface area contributed by atoms with E-state index in [-0.39, 0.29) is 18.1 Å². The fourth-order valence-electron chi connectivity index (χ4n) is 2.27. The van der Waals surface area contributed by atoms with E-state index < -0.39 is 0 Å². The molecule has 19 heavy (non-hydrogen) atoms. The van der Waals surface area contributed by atoms with Gasteiger partial charge in [-0.3, -0.25) is 9.78 Å². The van der Waals surface area contributed by atoms with Crippen LogP contribution in [0.5, 0.6) is 0 Å². The molecule has 1 fully saturated rings. The van der Waals surface area contributed by atoms with Gasteiger partial charge in [-0.25, -0.2) is 0 Å². The van der Waals surface area contributed by atoms with Crippen molar-refractivity contribution >= 4 is 5.91 Å². The normalized spacial score (nSPS) is 22.4. The molecule has 1 aromatic heterocycles. The molecule has 104 valence electrons. The minimum absolute atomic E-state index is 0.0410. The predicted octanol–water partition coefficient (Wildman–Crippen LogP) is 1.45. The van der Waals surface area contributed by atoms with E-state index in [9.17, 15) is 4.79 Å². The molecule has 1 aromatic rings. The minimum atomic E-state index is -0.0833. The van der Waals surface area contributed by atoms with E-state index >= 15 is 0 Å². The van der Waals surface area contributed by atoms with Crippen molar-refractivity contribution in [3.63, 3.8) is 0 Å². The lowest BCUT2D eigenvalue weighted by molar-refractivity contribution is -0.122. The Bertz CT molecular complexity index is 397. The second kappa shape index (κ2) is 7.21. The Morgan fingerprint density at radius 1 is 1.63 bits per heavy atom. The third-order valence-electron chi connectivity index (χ3n) is 3.20. The zero-order chi connectivity index (χ0) is 13.5. The molecule has 0 unspecified atom stereocenters. The molecular weight excluding hydrogens is 244 g/mol. The third-order valence-corrected chi connectivity index (χ3v) is 3.20. The number of aromatic nitrogens is 1. The number of pyridine rings is 1. The number of ether oxygens (including phenoxy) is 2. The molecular formula is C14H20N2O3. The SMILES string of the molecule is COCCCC(=O)N[C@H]1CCO[C@@H]1c1cccnc1. The summed E-state index contributed by atoms with van der Waals surface area (Å²) in [6.07, 6.45) is 5.52. The van der Waals surface area contributed by atoms with Crippen LogP contribution in [0.3, 0.4) is 0 Å². The highest BCUT2D eigenvalue weighted by Crippen LogP contribution is 2.28. The maximum atomic E-state index is 11.8. The van der Waals surface area contributed by atoms with E-state index in [4.69, 9.17) is 9.47 Å². The van der Waals surface area contributed by atoms with Gasteiger partial charge in [-0.05, 0) is 18.9 Å². The first-order valence-electron chi connectivity index (χ1n) is 6.61. The lowest BCUT2D eigenvalue weighted by Gasteiger charge is -2.19. The summed E-state index contributed by atoms with van der Waals surface area (Å²) in [7, 11) is 1.64. The monoisotopic (exact) mass is 264 g/mol. The van der Waals surface area contributed by atoms with Gasteiger partial charge in [-0.2, -0.15) is 0 Å². The van der Waals surface area contributed by atoms with Gasteiger partial charge < -0.3 is 14.8 Å². The van der Waals surface area contributed by atoms with Crippen molar-refractivity contribution in [2.45, 2.75) is 31.4 Å². The average Bonchev–Trinajstić information content (AvgIpc) is 2.88. The molecule has 0 radical (unpaired) electrons. The van der Waals surface area contributed by atoms with E-state index in [0.29, 0.717) is 19.6 Å². The molecule has 1 amide bonds. The van der Waals surface area contributed by atoms with Gasteiger partial charge in [-0.15, -0.1) is 0 Å². The fraction of sp³-hybridized carbons (Fsp3) is 0.571. The summed E-state index contributed by atoms with van der Waals surface area (Å²) in [4.78, 5) is 15.9. The number of hydrogen-bond acceptors (Lipinski definition) is 4. The highest BCUT2D eigenvalue weighted by molar-refractivity contribution is 5.76. The van der Waals surface area contributed by atoms with Gasteiger partial charge in [0.05, 0.1) is 6.04 Å². The molecule has 2 atom stereocenters. The first kappa shape index (κ1) is 14.0. The fourth-order valence-corrected chi connectivity index (χ4v) is 2.27. The number of amides is 1. The highest BCUT2D eigenvalue weighted by atomic mass is 16.5. The van der Waals surface area contributed by atoms with Crippen molar-refractivity contribution in [3.05, 3.63) is 30.1 Å². The summed E-state index contributed by atoms with van der Waals surface area (Å²) >= 11 is 0. The second-order valence-corrected chi connectivity index (χ2v) is 4.64. The maximum absolute atomic E-state index is 11.8. The van der Waals surface area contributed by atoms with Gasteiger partial charge >= 0.3 is 0 Å². The molecule has 1 N–H and O–H groups in total. The Hall–Kier alpha value is -1.46. The lowest BCUT2D eigenvalue weighted by Crippen LogP contribution is -2.36. The van der Waals surface area contributed by atoms with Crippen molar-refractivity contribution in [1.82, 2.24) is 10.3 Å². The molecule has 0 aliphatic carbocycles. The summed E-state index contributed by atoms with van der Waals surface area (Å²) in [5.41, 5.74) is 1.02. The standard InChI is InChI=1S/C14H20N2O3/c1-18-8-3-5-13(17)16-12-6-9-19-14(12)11-4-2-7-15-10-11/h2,4,7,10,12,14H,3,5-6,8-9H2,1H3,(H,16,17)/t12-,14+/m0/s1. The Morgan fingerprint density at radius 2 is 2.53 bits per heavy atom. The predicted molar refractivity (Wildman–Crippen MR) is 70.6 cm³/mol. The summed E-state index contributed by atoms with van der Waals surface area (Å²) in [6, 6.07) is 3.90. The van der Waals surface area contributed by atoms with E-state index in [0.717, 1.165) is 18.4 Å². The highest BCUT2D eigenvalue weighted by Gasteiger charge is 2.30. The number of nitrogens with zero attached hydrogens (tertiary/aromatic N) is 1. The number of carbonyl (C=O) groups excluding carboxylic acids is 1. The van der Waals surface area contributed by atoms with Crippen molar-refractivity contribution in [3.8, 4) is 0 Å². The molecule has 1 aliphatic heterocycles. The van der Waals surface area contributed by atoms with Crippen LogP contribution in [-0.4, -0.2) is 37.3 Å². The molecule has 0 spiro atoms. The first-order valence-corrected chi connectivity index (χ1v) is 6.61. The number of methoxy groups -OCH3 is 1. The molecule has 5 nitrogen and oxygen atoms in total. The smallest absolute Gasteiger partial charge is 0.220 e. The van der Waals surface area contributed by atoms with Crippen LogP contribution in [-0.2, 0) is 14.3 Å².